The summed E-state index contributed by atoms with van der Waals surface area (Å²) in [6.45, 7) is -0.352. The van der Waals surface area contributed by atoms with Crippen LogP contribution < -0.4 is 16.0 Å². The predicted molar refractivity (Wildman–Crippen MR) is 85.2 cm³/mol. The van der Waals surface area contributed by atoms with Gasteiger partial charge in [0.15, 0.2) is 17.5 Å². The van der Waals surface area contributed by atoms with E-state index >= 15 is 0 Å². The van der Waals surface area contributed by atoms with Crippen molar-refractivity contribution in [2.45, 2.75) is 44.2 Å². The highest BCUT2D eigenvalue weighted by atomic mass is 19.2. The number of carbonyl (C=O) groups excluding carboxylic acids is 2. The molecule has 0 aromatic heterocycles. The minimum atomic E-state index is -1.65. The van der Waals surface area contributed by atoms with E-state index in [9.17, 15) is 22.8 Å². The maximum Gasteiger partial charge on any atom is 0.243 e. The van der Waals surface area contributed by atoms with Gasteiger partial charge >= 0.3 is 0 Å². The molecule has 0 radical (unpaired) electrons. The van der Waals surface area contributed by atoms with Crippen molar-refractivity contribution in [3.8, 4) is 0 Å². The largest absolute Gasteiger partial charge is 0.347 e. The third-order valence-electron chi connectivity index (χ3n) is 4.80. The van der Waals surface area contributed by atoms with Gasteiger partial charge in [-0.3, -0.25) is 9.59 Å². The van der Waals surface area contributed by atoms with E-state index in [0.717, 1.165) is 37.8 Å². The van der Waals surface area contributed by atoms with Crippen LogP contribution in [-0.2, 0) is 9.59 Å². The molecule has 2 aliphatic rings. The van der Waals surface area contributed by atoms with E-state index in [2.05, 4.69) is 16.0 Å². The number of hydrogen-bond donors (Lipinski definition) is 3. The summed E-state index contributed by atoms with van der Waals surface area (Å²) in [6, 6.07) is 2.61. The maximum atomic E-state index is 13.5. The Balaban J connectivity index is 1.44. The number of carbonyl (C=O) groups is 2. The Labute approximate surface area is 143 Å². The van der Waals surface area contributed by atoms with E-state index in [4.69, 9.17) is 0 Å². The maximum absolute atomic E-state index is 13.5. The standard InChI is InChI=1S/C17H20F3N3O2/c18-12-3-4-13(17(20)16(12)19)23-15(25)8-21-14(24)7-9-5-10-1-2-11(6-9)22-10/h3-4,9-11,22H,1-2,5-8H2,(H,21,24)(H,23,25). The van der Waals surface area contributed by atoms with Crippen molar-refractivity contribution < 1.29 is 22.8 Å². The summed E-state index contributed by atoms with van der Waals surface area (Å²) in [5.74, 6) is -5.10. The Kier molecular flexibility index (Phi) is 5.27. The van der Waals surface area contributed by atoms with Gasteiger partial charge in [-0.25, -0.2) is 13.2 Å². The van der Waals surface area contributed by atoms with Crippen LogP contribution in [0.5, 0.6) is 0 Å². The summed E-state index contributed by atoms with van der Waals surface area (Å²) >= 11 is 0. The van der Waals surface area contributed by atoms with Crippen LogP contribution in [-0.4, -0.2) is 30.4 Å². The first kappa shape index (κ1) is 17.7. The fourth-order valence-corrected chi connectivity index (χ4v) is 3.67. The second kappa shape index (κ2) is 7.43. The highest BCUT2D eigenvalue weighted by molar-refractivity contribution is 5.94. The molecule has 5 nitrogen and oxygen atoms in total. The molecule has 136 valence electrons. The van der Waals surface area contributed by atoms with Crippen molar-refractivity contribution in [2.75, 3.05) is 11.9 Å². The molecule has 2 atom stereocenters. The van der Waals surface area contributed by atoms with Gasteiger partial charge in [0, 0.05) is 18.5 Å². The number of halogens is 3. The monoisotopic (exact) mass is 355 g/mol. The number of rotatable bonds is 5. The molecule has 0 aliphatic carbocycles. The third kappa shape index (κ3) is 4.31. The molecule has 2 aliphatic heterocycles. The first-order valence-corrected chi connectivity index (χ1v) is 8.38. The molecular weight excluding hydrogens is 335 g/mol. The molecule has 2 amide bonds. The minimum Gasteiger partial charge on any atom is -0.347 e. The Hall–Kier alpha value is -2.09. The lowest BCUT2D eigenvalue weighted by molar-refractivity contribution is -0.125. The van der Waals surface area contributed by atoms with Crippen molar-refractivity contribution in [1.82, 2.24) is 10.6 Å². The SMILES string of the molecule is O=C(CC1CC2CCC(C1)N2)NCC(=O)Nc1ccc(F)c(F)c1F. The molecule has 1 aromatic rings. The number of hydrogen-bond acceptors (Lipinski definition) is 3. The Bertz CT molecular complexity index is 671. The van der Waals surface area contributed by atoms with Gasteiger partial charge in [-0.05, 0) is 43.7 Å². The summed E-state index contributed by atoms with van der Waals surface area (Å²) in [5.41, 5.74) is -0.465. The second-order valence-electron chi connectivity index (χ2n) is 6.73. The van der Waals surface area contributed by atoms with Crippen molar-refractivity contribution in [2.24, 2.45) is 5.92 Å². The molecular formula is C17H20F3N3O2. The number of nitrogens with one attached hydrogen (secondary N) is 3. The molecule has 3 rings (SSSR count). The number of piperidine rings is 1. The smallest absolute Gasteiger partial charge is 0.243 e. The minimum absolute atomic E-state index is 0.243. The molecule has 8 heteroatoms. The lowest BCUT2D eigenvalue weighted by Crippen LogP contribution is -2.40. The van der Waals surface area contributed by atoms with Crippen LogP contribution in [0, 0.1) is 23.4 Å². The highest BCUT2D eigenvalue weighted by Gasteiger charge is 2.34. The Morgan fingerprint density at radius 2 is 1.72 bits per heavy atom. The lowest BCUT2D eigenvalue weighted by atomic mass is 9.89. The van der Waals surface area contributed by atoms with Gasteiger partial charge in [-0.15, -0.1) is 0 Å². The van der Waals surface area contributed by atoms with Crippen LogP contribution in [0.3, 0.4) is 0 Å². The van der Waals surface area contributed by atoms with E-state index < -0.39 is 29.0 Å². The Morgan fingerprint density at radius 1 is 1.04 bits per heavy atom. The zero-order valence-electron chi connectivity index (χ0n) is 13.6. The van der Waals surface area contributed by atoms with Crippen LogP contribution in [0.4, 0.5) is 18.9 Å². The van der Waals surface area contributed by atoms with Gasteiger partial charge in [0.25, 0.3) is 0 Å². The van der Waals surface area contributed by atoms with Gasteiger partial charge < -0.3 is 16.0 Å². The summed E-state index contributed by atoms with van der Waals surface area (Å²) in [5, 5.41) is 8.10. The van der Waals surface area contributed by atoms with E-state index in [1.165, 1.54) is 0 Å². The molecule has 2 heterocycles. The quantitative estimate of drug-likeness (QED) is 0.709. The molecule has 0 spiro atoms. The summed E-state index contributed by atoms with van der Waals surface area (Å²) < 4.78 is 39.4. The average molecular weight is 355 g/mol. The van der Waals surface area contributed by atoms with E-state index in [1.807, 2.05) is 0 Å². The van der Waals surface area contributed by atoms with Crippen LogP contribution >= 0.6 is 0 Å². The van der Waals surface area contributed by atoms with Gasteiger partial charge in [-0.1, -0.05) is 0 Å². The molecule has 2 bridgehead atoms. The highest BCUT2D eigenvalue weighted by Crippen LogP contribution is 2.32. The van der Waals surface area contributed by atoms with Crippen molar-refractivity contribution in [3.63, 3.8) is 0 Å². The number of amides is 2. The van der Waals surface area contributed by atoms with Gasteiger partial charge in [0.05, 0.1) is 12.2 Å². The van der Waals surface area contributed by atoms with Gasteiger partial charge in [0.1, 0.15) is 0 Å². The summed E-state index contributed by atoms with van der Waals surface area (Å²) in [6.07, 6.45) is 4.55. The van der Waals surface area contributed by atoms with Gasteiger partial charge in [-0.2, -0.15) is 0 Å². The zero-order chi connectivity index (χ0) is 18.0. The number of fused-ring (bicyclic) bond motifs is 2. The molecule has 3 N–H and O–H groups in total. The van der Waals surface area contributed by atoms with Crippen molar-refractivity contribution in [3.05, 3.63) is 29.6 Å². The van der Waals surface area contributed by atoms with E-state index in [0.29, 0.717) is 24.4 Å². The fourth-order valence-electron chi connectivity index (χ4n) is 3.67. The van der Waals surface area contributed by atoms with Crippen molar-refractivity contribution in [1.29, 1.82) is 0 Å². The Morgan fingerprint density at radius 3 is 2.40 bits per heavy atom. The number of anilines is 1. The molecule has 2 fully saturated rings. The summed E-state index contributed by atoms with van der Waals surface area (Å²) in [4.78, 5) is 23.7. The van der Waals surface area contributed by atoms with E-state index in [-0.39, 0.29) is 12.5 Å². The zero-order valence-corrected chi connectivity index (χ0v) is 13.6. The molecule has 2 saturated heterocycles. The normalized spacial score (nSPS) is 24.8. The first-order chi connectivity index (χ1) is 11.9. The first-order valence-electron chi connectivity index (χ1n) is 8.38. The predicted octanol–water partition coefficient (Wildman–Crippen LogP) is 2.08. The lowest BCUT2D eigenvalue weighted by Gasteiger charge is -2.28. The average Bonchev–Trinajstić information content (AvgIpc) is 2.92. The van der Waals surface area contributed by atoms with Gasteiger partial charge in [0.2, 0.25) is 11.8 Å². The number of benzene rings is 1. The van der Waals surface area contributed by atoms with Crippen LogP contribution in [0.25, 0.3) is 0 Å². The van der Waals surface area contributed by atoms with E-state index in [1.54, 1.807) is 0 Å². The fraction of sp³-hybridized carbons (Fsp3) is 0.529. The summed E-state index contributed by atoms with van der Waals surface area (Å²) in [7, 11) is 0. The third-order valence-corrected chi connectivity index (χ3v) is 4.80. The molecule has 0 saturated carbocycles. The molecule has 2 unspecified atom stereocenters. The molecule has 1 aromatic carbocycles. The van der Waals surface area contributed by atoms with Crippen LogP contribution in [0.1, 0.15) is 32.1 Å². The molecule has 25 heavy (non-hydrogen) atoms. The topological polar surface area (TPSA) is 70.2 Å². The van der Waals surface area contributed by atoms with Crippen LogP contribution in [0.15, 0.2) is 12.1 Å². The van der Waals surface area contributed by atoms with Crippen LogP contribution in [0.2, 0.25) is 0 Å². The second-order valence-corrected chi connectivity index (χ2v) is 6.73. The van der Waals surface area contributed by atoms with Crippen molar-refractivity contribution >= 4 is 17.5 Å².